The molecule has 10 nitrogen and oxygen atoms in total. The van der Waals surface area contributed by atoms with Gasteiger partial charge < -0.3 is 4.74 Å². The van der Waals surface area contributed by atoms with Crippen molar-refractivity contribution in [3.8, 4) is 5.75 Å². The average Bonchev–Trinajstić information content (AvgIpc) is 3.36. The van der Waals surface area contributed by atoms with Gasteiger partial charge in [0.2, 0.25) is 0 Å². The summed E-state index contributed by atoms with van der Waals surface area (Å²) in [5.41, 5.74) is 3.70. The fourth-order valence-electron chi connectivity index (χ4n) is 3.92. The van der Waals surface area contributed by atoms with E-state index in [9.17, 15) is 25.0 Å². The molecule has 4 aromatic carbocycles. The summed E-state index contributed by atoms with van der Waals surface area (Å²) >= 11 is 1.21. The van der Waals surface area contributed by atoms with Gasteiger partial charge in [-0.05, 0) is 34.5 Å². The molecule has 0 radical (unpaired) electrons. The van der Waals surface area contributed by atoms with Crippen LogP contribution in [0.5, 0.6) is 5.75 Å². The first-order chi connectivity index (χ1) is 18.4. The summed E-state index contributed by atoms with van der Waals surface area (Å²) in [7, 11) is 0. The van der Waals surface area contributed by atoms with Gasteiger partial charge in [-0.2, -0.15) is 5.10 Å². The van der Waals surface area contributed by atoms with Crippen molar-refractivity contribution in [3.63, 3.8) is 0 Å². The van der Waals surface area contributed by atoms with Gasteiger partial charge in [0.15, 0.2) is 0 Å². The van der Waals surface area contributed by atoms with Crippen LogP contribution in [0, 0.1) is 20.2 Å². The minimum Gasteiger partial charge on any atom is -0.488 e. The van der Waals surface area contributed by atoms with Gasteiger partial charge in [0.05, 0.1) is 20.9 Å². The summed E-state index contributed by atoms with van der Waals surface area (Å²) < 4.78 is 6.75. The highest BCUT2D eigenvalue weighted by Crippen LogP contribution is 2.30. The zero-order chi connectivity index (χ0) is 26.6. The van der Waals surface area contributed by atoms with Crippen molar-refractivity contribution in [2.75, 3.05) is 0 Å². The number of thiophene rings is 1. The number of carbonyl (C=O) groups excluding carboxylic acids is 1. The number of nitro groups is 2. The normalized spacial score (nSPS) is 11.2. The second-order valence-electron chi connectivity index (χ2n) is 8.20. The van der Waals surface area contributed by atoms with Crippen molar-refractivity contribution < 1.29 is 19.4 Å². The topological polar surface area (TPSA) is 137 Å². The third-order valence-electron chi connectivity index (χ3n) is 5.74. The maximum atomic E-state index is 12.7. The van der Waals surface area contributed by atoms with Crippen molar-refractivity contribution in [1.29, 1.82) is 0 Å². The van der Waals surface area contributed by atoms with E-state index in [1.54, 1.807) is 30.3 Å². The molecule has 188 valence electrons. The molecular weight excluding hydrogens is 508 g/mol. The highest BCUT2D eigenvalue weighted by Gasteiger charge is 2.14. The van der Waals surface area contributed by atoms with Crippen molar-refractivity contribution in [2.45, 2.75) is 6.61 Å². The van der Waals surface area contributed by atoms with Crippen molar-refractivity contribution in [3.05, 3.63) is 121 Å². The molecule has 1 aromatic heterocycles. The van der Waals surface area contributed by atoms with Crippen molar-refractivity contribution in [2.24, 2.45) is 5.10 Å². The smallest absolute Gasteiger partial charge is 0.281 e. The van der Waals surface area contributed by atoms with Gasteiger partial charge >= 0.3 is 0 Å². The molecule has 1 heterocycles. The molecule has 0 unspecified atom stereocenters. The highest BCUT2D eigenvalue weighted by atomic mass is 32.1. The van der Waals surface area contributed by atoms with Crippen LogP contribution in [0.4, 0.5) is 11.4 Å². The Labute approximate surface area is 219 Å². The third-order valence-corrected chi connectivity index (χ3v) is 6.86. The van der Waals surface area contributed by atoms with E-state index in [1.807, 2.05) is 30.3 Å². The molecule has 0 spiro atoms. The Bertz CT molecular complexity index is 1750. The van der Waals surface area contributed by atoms with Crippen LogP contribution in [-0.4, -0.2) is 22.0 Å². The van der Waals surface area contributed by atoms with E-state index in [-0.39, 0.29) is 18.0 Å². The zero-order valence-electron chi connectivity index (χ0n) is 19.6. The number of ether oxygens (including phenoxy) is 1. The van der Waals surface area contributed by atoms with E-state index < -0.39 is 15.8 Å². The predicted octanol–water partition coefficient (Wildman–Crippen LogP) is 6.21. The summed E-state index contributed by atoms with van der Waals surface area (Å²) in [6.07, 6.45) is 1.49. The van der Waals surface area contributed by atoms with Gasteiger partial charge in [0, 0.05) is 39.9 Å². The Morgan fingerprint density at radius 2 is 1.68 bits per heavy atom. The van der Waals surface area contributed by atoms with Crippen molar-refractivity contribution in [1.82, 2.24) is 5.43 Å². The quantitative estimate of drug-likeness (QED) is 0.145. The number of nitrogens with one attached hydrogen (secondary N) is 1. The first-order valence-corrected chi connectivity index (χ1v) is 12.1. The second-order valence-corrected chi connectivity index (χ2v) is 9.29. The molecule has 38 heavy (non-hydrogen) atoms. The zero-order valence-corrected chi connectivity index (χ0v) is 20.4. The molecule has 0 saturated heterocycles. The van der Waals surface area contributed by atoms with Gasteiger partial charge in [-0.15, -0.1) is 11.3 Å². The predicted molar refractivity (Wildman–Crippen MR) is 145 cm³/mol. The Morgan fingerprint density at radius 1 is 0.895 bits per heavy atom. The van der Waals surface area contributed by atoms with Crippen molar-refractivity contribution >= 4 is 55.7 Å². The number of non-ortho nitro benzene ring substituents is 2. The summed E-state index contributed by atoms with van der Waals surface area (Å²) in [5.74, 6) is 0.0341. The lowest BCUT2D eigenvalue weighted by Crippen LogP contribution is -2.16. The number of hydrogen-bond donors (Lipinski definition) is 1. The number of rotatable bonds is 8. The lowest BCUT2D eigenvalue weighted by Gasteiger charge is -2.12. The first-order valence-electron chi connectivity index (χ1n) is 11.3. The number of hydrogen-bond acceptors (Lipinski definition) is 8. The fraction of sp³-hybridized carbons (Fsp3) is 0.0370. The number of nitro benzene ring substituents is 2. The first kappa shape index (κ1) is 24.5. The minimum absolute atomic E-state index is 0.0232. The van der Waals surface area contributed by atoms with Crippen LogP contribution < -0.4 is 10.2 Å². The lowest BCUT2D eigenvalue weighted by atomic mass is 10.0. The molecule has 5 aromatic rings. The Morgan fingerprint density at radius 3 is 2.50 bits per heavy atom. The Kier molecular flexibility index (Phi) is 6.74. The molecule has 1 N–H and O–H groups in total. The van der Waals surface area contributed by atoms with Crippen LogP contribution in [0.2, 0.25) is 0 Å². The largest absolute Gasteiger partial charge is 0.488 e. The second kappa shape index (κ2) is 10.4. The highest BCUT2D eigenvalue weighted by molar-refractivity contribution is 7.20. The fourth-order valence-corrected chi connectivity index (χ4v) is 4.86. The lowest BCUT2D eigenvalue weighted by molar-refractivity contribution is -0.385. The molecule has 0 aliphatic heterocycles. The van der Waals surface area contributed by atoms with E-state index in [4.69, 9.17) is 4.74 Å². The summed E-state index contributed by atoms with van der Waals surface area (Å²) in [6.45, 7) is 0.0984. The third kappa shape index (κ3) is 5.18. The standard InChI is InChI=1S/C27H18N4O6S/c32-27(26-14-19-13-21(31(35)36)9-11-25(19)38-26)29-28-15-23-22-7-2-1-5-18(22)8-10-24(23)37-16-17-4-3-6-20(12-17)30(33)34/h1-15H,16H2,(H,29,32)/b28-15-. The summed E-state index contributed by atoms with van der Waals surface area (Å²) in [6, 6.07) is 23.5. The number of amides is 1. The molecule has 0 bridgehead atoms. The molecule has 0 atom stereocenters. The Hall–Kier alpha value is -5.16. The average molecular weight is 527 g/mol. The van der Waals surface area contributed by atoms with Crippen LogP contribution in [0.25, 0.3) is 20.9 Å². The number of fused-ring (bicyclic) bond motifs is 2. The maximum Gasteiger partial charge on any atom is 0.281 e. The molecule has 0 aliphatic carbocycles. The molecular formula is C27H18N4O6S. The van der Waals surface area contributed by atoms with Gasteiger partial charge in [-0.25, -0.2) is 5.43 Å². The van der Waals surface area contributed by atoms with Crippen LogP contribution in [0.15, 0.2) is 90.0 Å². The monoisotopic (exact) mass is 526 g/mol. The maximum absolute atomic E-state index is 12.7. The Balaban J connectivity index is 1.38. The number of hydrazone groups is 1. The number of carbonyl (C=O) groups is 1. The van der Waals surface area contributed by atoms with E-state index in [2.05, 4.69) is 10.5 Å². The molecule has 0 saturated carbocycles. The SMILES string of the molecule is O=C(N/N=C\c1c(OCc2cccc([N+](=O)[O-])c2)ccc2ccccc12)c1cc2cc([N+](=O)[O-])ccc2s1. The molecule has 0 fully saturated rings. The van der Waals surface area contributed by atoms with Gasteiger partial charge in [-0.3, -0.25) is 25.0 Å². The minimum atomic E-state index is -0.482. The van der Waals surface area contributed by atoms with Crippen LogP contribution in [0.1, 0.15) is 20.8 Å². The van der Waals surface area contributed by atoms with Crippen LogP contribution in [-0.2, 0) is 6.61 Å². The molecule has 11 heteroatoms. The van der Waals surface area contributed by atoms with Crippen LogP contribution in [0.3, 0.4) is 0 Å². The molecule has 0 aliphatic rings. The summed E-state index contributed by atoms with van der Waals surface area (Å²) in [5, 5.41) is 28.6. The molecule has 5 rings (SSSR count). The van der Waals surface area contributed by atoms with E-state index in [0.717, 1.165) is 15.5 Å². The summed E-state index contributed by atoms with van der Waals surface area (Å²) in [4.78, 5) is 34.3. The molecule has 1 amide bonds. The van der Waals surface area contributed by atoms with E-state index in [0.29, 0.717) is 27.1 Å². The van der Waals surface area contributed by atoms with Crippen LogP contribution >= 0.6 is 11.3 Å². The van der Waals surface area contributed by atoms with E-state index in [1.165, 1.54) is 41.8 Å². The van der Waals surface area contributed by atoms with Gasteiger partial charge in [-0.1, -0.05) is 42.5 Å². The number of nitrogens with zero attached hydrogens (tertiary/aromatic N) is 3. The van der Waals surface area contributed by atoms with E-state index >= 15 is 0 Å². The van der Waals surface area contributed by atoms with Gasteiger partial charge in [0.25, 0.3) is 17.3 Å². The number of benzene rings is 4. The van der Waals surface area contributed by atoms with Gasteiger partial charge in [0.1, 0.15) is 12.4 Å².